The third-order valence-electron chi connectivity index (χ3n) is 3.67. The zero-order valence-electron chi connectivity index (χ0n) is 12.4. The molecule has 24 heavy (non-hydrogen) atoms. The highest BCUT2D eigenvalue weighted by atomic mass is 35.5. The summed E-state index contributed by atoms with van der Waals surface area (Å²) in [6.45, 7) is 1.93. The van der Waals surface area contributed by atoms with Gasteiger partial charge in [-0.3, -0.25) is 0 Å². The van der Waals surface area contributed by atoms with Gasteiger partial charge in [0.2, 0.25) is 5.13 Å². The van der Waals surface area contributed by atoms with E-state index in [0.29, 0.717) is 20.7 Å². The van der Waals surface area contributed by atoms with E-state index in [1.165, 1.54) is 23.1 Å². The number of hydrogen-bond donors (Lipinski definition) is 1. The first-order chi connectivity index (χ1) is 11.6. The number of halogens is 2. The lowest BCUT2D eigenvalue weighted by Crippen LogP contribution is -2.20. The summed E-state index contributed by atoms with van der Waals surface area (Å²) in [6, 6.07) is 3.49. The monoisotopic (exact) mass is 398 g/mol. The highest BCUT2D eigenvalue weighted by molar-refractivity contribution is 8.01. The van der Waals surface area contributed by atoms with Crippen LogP contribution in [0.3, 0.4) is 0 Å². The Morgan fingerprint density at radius 1 is 1.04 bits per heavy atom. The van der Waals surface area contributed by atoms with E-state index in [1.807, 2.05) is 0 Å². The van der Waals surface area contributed by atoms with Gasteiger partial charge in [0.1, 0.15) is 5.03 Å². The van der Waals surface area contributed by atoms with Crippen LogP contribution in [0.25, 0.3) is 11.0 Å². The van der Waals surface area contributed by atoms with Crippen molar-refractivity contribution in [3.8, 4) is 0 Å². The second kappa shape index (κ2) is 6.51. The summed E-state index contributed by atoms with van der Waals surface area (Å²) in [4.78, 5) is 11.8. The van der Waals surface area contributed by atoms with Crippen LogP contribution in [0.1, 0.15) is 12.8 Å². The van der Waals surface area contributed by atoms with Crippen molar-refractivity contribution in [1.82, 2.24) is 20.2 Å². The summed E-state index contributed by atoms with van der Waals surface area (Å²) in [5.74, 6) is 0.845. The molecule has 1 aromatic carbocycles. The number of anilines is 2. The van der Waals surface area contributed by atoms with Crippen LogP contribution in [0, 0.1) is 0 Å². The fourth-order valence-corrected chi connectivity index (χ4v) is 4.55. The van der Waals surface area contributed by atoms with Gasteiger partial charge in [-0.1, -0.05) is 34.5 Å². The maximum atomic E-state index is 6.12. The number of nitrogens with two attached hydrogens (primary N) is 1. The predicted molar refractivity (Wildman–Crippen MR) is 99.4 cm³/mol. The van der Waals surface area contributed by atoms with Crippen molar-refractivity contribution in [1.29, 1.82) is 0 Å². The van der Waals surface area contributed by atoms with E-state index in [-0.39, 0.29) is 0 Å². The van der Waals surface area contributed by atoms with E-state index in [1.54, 1.807) is 12.1 Å². The lowest BCUT2D eigenvalue weighted by atomic mass is 10.3. The van der Waals surface area contributed by atoms with Gasteiger partial charge in [0, 0.05) is 13.1 Å². The average molecular weight is 399 g/mol. The molecule has 3 aromatic rings. The molecular weight excluding hydrogens is 387 g/mol. The number of aromatic nitrogens is 4. The second-order valence-corrected chi connectivity index (χ2v) is 8.37. The molecule has 3 heterocycles. The number of nitrogen functional groups attached to an aromatic ring is 1. The predicted octanol–water partition coefficient (Wildman–Crippen LogP) is 4.12. The van der Waals surface area contributed by atoms with Crippen LogP contribution in [0.4, 0.5) is 10.9 Å². The van der Waals surface area contributed by atoms with Gasteiger partial charge in [-0.2, -0.15) is 0 Å². The largest absolute Gasteiger partial charge is 0.374 e. The lowest BCUT2D eigenvalue weighted by molar-refractivity contribution is 0.901. The van der Waals surface area contributed by atoms with Crippen molar-refractivity contribution in [2.75, 3.05) is 23.7 Å². The third-order valence-corrected chi connectivity index (χ3v) is 6.16. The van der Waals surface area contributed by atoms with Crippen LogP contribution in [0.2, 0.25) is 10.0 Å². The van der Waals surface area contributed by atoms with E-state index in [9.17, 15) is 0 Å². The number of rotatable bonds is 3. The van der Waals surface area contributed by atoms with Gasteiger partial charge < -0.3 is 10.6 Å². The van der Waals surface area contributed by atoms with Gasteiger partial charge in [-0.05, 0) is 36.7 Å². The molecule has 0 bridgehead atoms. The molecule has 0 spiro atoms. The van der Waals surface area contributed by atoms with Gasteiger partial charge in [0.05, 0.1) is 21.1 Å². The van der Waals surface area contributed by atoms with Crippen LogP contribution in [-0.4, -0.2) is 33.3 Å². The van der Waals surface area contributed by atoms with Gasteiger partial charge in [0.25, 0.3) is 0 Å². The normalized spacial score (nSPS) is 14.7. The minimum atomic E-state index is 0.434. The maximum Gasteiger partial charge on any atom is 0.203 e. The molecule has 1 saturated heterocycles. The first kappa shape index (κ1) is 16.1. The molecule has 1 aliphatic heterocycles. The summed E-state index contributed by atoms with van der Waals surface area (Å²) >= 11 is 15.0. The summed E-state index contributed by atoms with van der Waals surface area (Å²) < 4.78 is 0.738. The van der Waals surface area contributed by atoms with Crippen LogP contribution < -0.4 is 10.6 Å². The number of fused-ring (bicyclic) bond motifs is 1. The summed E-state index contributed by atoms with van der Waals surface area (Å²) in [5, 5.41) is 10.1. The zero-order chi connectivity index (χ0) is 16.7. The Bertz CT molecular complexity index is 910. The van der Waals surface area contributed by atoms with Crippen LogP contribution in [0.15, 0.2) is 21.5 Å². The van der Waals surface area contributed by atoms with Gasteiger partial charge >= 0.3 is 0 Å². The van der Waals surface area contributed by atoms with Crippen molar-refractivity contribution >= 4 is 68.3 Å². The Kier molecular flexibility index (Phi) is 4.38. The van der Waals surface area contributed by atoms with Crippen molar-refractivity contribution in [3.63, 3.8) is 0 Å². The molecule has 6 nitrogen and oxygen atoms in total. The number of hydrogen-bond acceptors (Lipinski definition) is 8. The third kappa shape index (κ3) is 3.11. The number of benzene rings is 1. The zero-order valence-corrected chi connectivity index (χ0v) is 15.5. The molecule has 2 N–H and O–H groups in total. The SMILES string of the molecule is Nc1nnc(Sc2nc3cc(Cl)c(Cl)cc3nc2N2CCCC2)s1. The van der Waals surface area contributed by atoms with Crippen LogP contribution in [0.5, 0.6) is 0 Å². The van der Waals surface area contributed by atoms with E-state index in [2.05, 4.69) is 15.1 Å². The Balaban J connectivity index is 1.84. The lowest BCUT2D eigenvalue weighted by Gasteiger charge is -2.19. The van der Waals surface area contributed by atoms with Gasteiger partial charge in [-0.25, -0.2) is 9.97 Å². The van der Waals surface area contributed by atoms with Crippen molar-refractivity contribution < 1.29 is 0 Å². The molecule has 0 amide bonds. The van der Waals surface area contributed by atoms with E-state index >= 15 is 0 Å². The molecule has 1 fully saturated rings. The quantitative estimate of drug-likeness (QED) is 0.710. The van der Waals surface area contributed by atoms with Crippen LogP contribution in [-0.2, 0) is 0 Å². The van der Waals surface area contributed by atoms with Crippen molar-refractivity contribution in [3.05, 3.63) is 22.2 Å². The summed E-state index contributed by atoms with van der Waals surface area (Å²) in [5.41, 5.74) is 7.10. The average Bonchev–Trinajstić information content (AvgIpc) is 3.20. The summed E-state index contributed by atoms with van der Waals surface area (Å²) in [7, 11) is 0. The Labute approximate surface area is 156 Å². The highest BCUT2D eigenvalue weighted by Gasteiger charge is 2.21. The molecule has 0 saturated carbocycles. The molecule has 2 aromatic heterocycles. The molecule has 0 radical (unpaired) electrons. The fraction of sp³-hybridized carbons (Fsp3) is 0.286. The molecule has 124 valence electrons. The topological polar surface area (TPSA) is 80.8 Å². The minimum Gasteiger partial charge on any atom is -0.374 e. The highest BCUT2D eigenvalue weighted by Crippen LogP contribution is 2.38. The summed E-state index contributed by atoms with van der Waals surface area (Å²) in [6.07, 6.45) is 2.30. The molecule has 0 unspecified atom stereocenters. The van der Waals surface area contributed by atoms with E-state index in [0.717, 1.165) is 46.6 Å². The molecule has 10 heteroatoms. The smallest absolute Gasteiger partial charge is 0.203 e. The standard InChI is InChI=1S/C14H12Cl2N6S2/c15-7-5-9-10(6-8(7)16)19-12(23-14-21-20-13(17)24-14)11(18-9)22-3-1-2-4-22/h5-6H,1-4H2,(H2,17,20). The Morgan fingerprint density at radius 2 is 1.71 bits per heavy atom. The Morgan fingerprint density at radius 3 is 2.33 bits per heavy atom. The Hall–Kier alpha value is -1.35. The van der Waals surface area contributed by atoms with E-state index < -0.39 is 0 Å². The molecule has 0 aliphatic carbocycles. The first-order valence-electron chi connectivity index (χ1n) is 7.29. The minimum absolute atomic E-state index is 0.434. The maximum absolute atomic E-state index is 6.12. The van der Waals surface area contributed by atoms with Gasteiger partial charge in [-0.15, -0.1) is 10.2 Å². The van der Waals surface area contributed by atoms with Gasteiger partial charge in [0.15, 0.2) is 10.2 Å². The first-order valence-corrected chi connectivity index (χ1v) is 9.67. The molecule has 1 aliphatic rings. The van der Waals surface area contributed by atoms with Crippen LogP contribution >= 0.6 is 46.3 Å². The second-order valence-electron chi connectivity index (χ2n) is 5.31. The van der Waals surface area contributed by atoms with E-state index in [4.69, 9.17) is 38.9 Å². The molecular formula is C14H12Cl2N6S2. The fourth-order valence-electron chi connectivity index (χ4n) is 2.57. The molecule has 4 rings (SSSR count). The number of nitrogens with zero attached hydrogens (tertiary/aromatic N) is 5. The molecule has 0 atom stereocenters. The van der Waals surface area contributed by atoms with Crippen molar-refractivity contribution in [2.24, 2.45) is 0 Å². The van der Waals surface area contributed by atoms with Crippen molar-refractivity contribution in [2.45, 2.75) is 22.2 Å².